The standard InChI is InChI=1S/C10H18N2O5S2/c11-9(13)1-5-19(16,17)6-3-12-2-4-18-7-8(12)10(14)15/h8H,1-7H2,(H2,11,13)(H,14,15). The zero-order valence-electron chi connectivity index (χ0n) is 10.4. The molecule has 0 saturated carbocycles. The first-order valence-electron chi connectivity index (χ1n) is 5.85. The predicted octanol–water partition coefficient (Wildman–Crippen LogP) is -1.22. The van der Waals surface area contributed by atoms with Crippen LogP contribution in [0.2, 0.25) is 0 Å². The Morgan fingerprint density at radius 1 is 1.37 bits per heavy atom. The maximum absolute atomic E-state index is 11.7. The number of aliphatic carboxylic acids is 1. The highest BCUT2D eigenvalue weighted by molar-refractivity contribution is 7.99. The zero-order chi connectivity index (χ0) is 14.5. The van der Waals surface area contributed by atoms with Crippen LogP contribution in [0.25, 0.3) is 0 Å². The van der Waals surface area contributed by atoms with Crippen molar-refractivity contribution >= 4 is 33.5 Å². The lowest BCUT2D eigenvalue weighted by molar-refractivity contribution is -0.142. The molecule has 1 heterocycles. The highest BCUT2D eigenvalue weighted by atomic mass is 32.2. The number of rotatable bonds is 7. The summed E-state index contributed by atoms with van der Waals surface area (Å²) >= 11 is 1.55. The van der Waals surface area contributed by atoms with E-state index < -0.39 is 27.8 Å². The highest BCUT2D eigenvalue weighted by Gasteiger charge is 2.29. The molecule has 0 aromatic carbocycles. The van der Waals surface area contributed by atoms with Crippen molar-refractivity contribution in [2.24, 2.45) is 5.73 Å². The summed E-state index contributed by atoms with van der Waals surface area (Å²) in [5.41, 5.74) is 4.91. The third kappa shape index (κ3) is 5.79. The van der Waals surface area contributed by atoms with Gasteiger partial charge < -0.3 is 10.8 Å². The van der Waals surface area contributed by atoms with Crippen molar-refractivity contribution in [3.63, 3.8) is 0 Å². The van der Waals surface area contributed by atoms with E-state index in [0.717, 1.165) is 5.75 Å². The predicted molar refractivity (Wildman–Crippen MR) is 72.8 cm³/mol. The van der Waals surface area contributed by atoms with E-state index in [1.807, 2.05) is 0 Å². The first-order valence-corrected chi connectivity index (χ1v) is 8.83. The van der Waals surface area contributed by atoms with E-state index >= 15 is 0 Å². The fraction of sp³-hybridized carbons (Fsp3) is 0.800. The molecule has 1 unspecified atom stereocenters. The first-order chi connectivity index (χ1) is 8.82. The van der Waals surface area contributed by atoms with Crippen molar-refractivity contribution < 1.29 is 23.1 Å². The third-order valence-corrected chi connectivity index (χ3v) is 5.53. The number of thioether (sulfide) groups is 1. The first kappa shape index (κ1) is 16.3. The van der Waals surface area contributed by atoms with Crippen LogP contribution in [0, 0.1) is 0 Å². The topological polar surface area (TPSA) is 118 Å². The summed E-state index contributed by atoms with van der Waals surface area (Å²) in [5, 5.41) is 9.05. The van der Waals surface area contributed by atoms with Gasteiger partial charge in [-0.25, -0.2) is 8.42 Å². The van der Waals surface area contributed by atoms with Gasteiger partial charge in [0, 0.05) is 31.0 Å². The molecule has 1 atom stereocenters. The van der Waals surface area contributed by atoms with Crippen LogP contribution in [0.3, 0.4) is 0 Å². The minimum atomic E-state index is -3.37. The number of amides is 1. The molecule has 1 aliphatic heterocycles. The van der Waals surface area contributed by atoms with Gasteiger partial charge in [0.25, 0.3) is 0 Å². The number of nitrogens with two attached hydrogens (primary N) is 1. The Labute approximate surface area is 116 Å². The molecule has 1 aliphatic rings. The van der Waals surface area contributed by atoms with E-state index in [-0.39, 0.29) is 24.5 Å². The monoisotopic (exact) mass is 310 g/mol. The van der Waals surface area contributed by atoms with Crippen molar-refractivity contribution in [1.82, 2.24) is 4.90 Å². The summed E-state index contributed by atoms with van der Waals surface area (Å²) in [6.45, 7) is 0.742. The maximum Gasteiger partial charge on any atom is 0.321 e. The Morgan fingerprint density at radius 2 is 2.05 bits per heavy atom. The molecule has 0 aliphatic carbocycles. The molecule has 7 nitrogen and oxygen atoms in total. The van der Waals surface area contributed by atoms with E-state index in [9.17, 15) is 18.0 Å². The van der Waals surface area contributed by atoms with E-state index in [4.69, 9.17) is 10.8 Å². The van der Waals surface area contributed by atoms with Crippen molar-refractivity contribution in [3.05, 3.63) is 0 Å². The number of nitrogens with zero attached hydrogens (tertiary/aromatic N) is 1. The minimum absolute atomic E-state index is 0.144. The second-order valence-electron chi connectivity index (χ2n) is 4.33. The van der Waals surface area contributed by atoms with Crippen molar-refractivity contribution in [2.75, 3.05) is 36.1 Å². The number of hydrogen-bond acceptors (Lipinski definition) is 6. The molecule has 0 bridgehead atoms. The Hall–Kier alpha value is -0.800. The van der Waals surface area contributed by atoms with Gasteiger partial charge in [0.15, 0.2) is 9.84 Å². The maximum atomic E-state index is 11.7. The second-order valence-corrected chi connectivity index (χ2v) is 7.79. The molecule has 0 spiro atoms. The van der Waals surface area contributed by atoms with Gasteiger partial charge in [-0.2, -0.15) is 11.8 Å². The average molecular weight is 310 g/mol. The van der Waals surface area contributed by atoms with E-state index in [0.29, 0.717) is 12.3 Å². The largest absolute Gasteiger partial charge is 0.480 e. The number of carbonyl (C=O) groups is 2. The van der Waals surface area contributed by atoms with Gasteiger partial charge in [-0.1, -0.05) is 0 Å². The summed E-state index contributed by atoms with van der Waals surface area (Å²) in [6.07, 6.45) is -0.194. The molecular formula is C10H18N2O5S2. The van der Waals surface area contributed by atoms with E-state index in [1.54, 1.807) is 16.7 Å². The van der Waals surface area contributed by atoms with Gasteiger partial charge in [-0.3, -0.25) is 14.5 Å². The minimum Gasteiger partial charge on any atom is -0.480 e. The normalized spacial score (nSPS) is 21.2. The van der Waals surface area contributed by atoms with Crippen LogP contribution in [0.1, 0.15) is 6.42 Å². The molecule has 0 aromatic heterocycles. The van der Waals surface area contributed by atoms with Crippen molar-refractivity contribution in [3.8, 4) is 0 Å². The number of carboxylic acid groups (broad SMARTS) is 1. The number of hydrogen-bond donors (Lipinski definition) is 2. The van der Waals surface area contributed by atoms with Gasteiger partial charge in [-0.15, -0.1) is 0 Å². The molecule has 19 heavy (non-hydrogen) atoms. The van der Waals surface area contributed by atoms with Gasteiger partial charge in [0.2, 0.25) is 5.91 Å². The quantitative estimate of drug-likeness (QED) is 0.605. The molecule has 1 fully saturated rings. The van der Waals surface area contributed by atoms with Gasteiger partial charge in [0.05, 0.1) is 11.5 Å². The summed E-state index contributed by atoms with van der Waals surface area (Å²) in [4.78, 5) is 23.3. The SMILES string of the molecule is NC(=O)CCS(=O)(=O)CCN1CCSCC1C(=O)O. The molecule has 3 N–H and O–H groups in total. The molecule has 110 valence electrons. The van der Waals surface area contributed by atoms with Gasteiger partial charge in [0.1, 0.15) is 6.04 Å². The average Bonchev–Trinajstić information content (AvgIpc) is 2.34. The van der Waals surface area contributed by atoms with Crippen LogP contribution in [-0.2, 0) is 19.4 Å². The molecular weight excluding hydrogens is 292 g/mol. The van der Waals surface area contributed by atoms with Crippen LogP contribution in [0.5, 0.6) is 0 Å². The van der Waals surface area contributed by atoms with Crippen LogP contribution >= 0.6 is 11.8 Å². The Kier molecular flexibility index (Phi) is 6.08. The van der Waals surface area contributed by atoms with Gasteiger partial charge >= 0.3 is 5.97 Å². The third-order valence-electron chi connectivity index (χ3n) is 2.87. The Morgan fingerprint density at radius 3 is 2.63 bits per heavy atom. The molecule has 0 radical (unpaired) electrons. The molecule has 1 rings (SSSR count). The lowest BCUT2D eigenvalue weighted by Gasteiger charge is -2.32. The number of primary amides is 1. The summed E-state index contributed by atoms with van der Waals surface area (Å²) in [5.74, 6) is -0.734. The highest BCUT2D eigenvalue weighted by Crippen LogP contribution is 2.16. The summed E-state index contributed by atoms with van der Waals surface area (Å²) in [7, 11) is -3.37. The number of carboxylic acids is 1. The van der Waals surface area contributed by atoms with Crippen LogP contribution in [0.4, 0.5) is 0 Å². The smallest absolute Gasteiger partial charge is 0.321 e. The molecule has 1 amide bonds. The fourth-order valence-electron chi connectivity index (χ4n) is 1.75. The van der Waals surface area contributed by atoms with Crippen LogP contribution in [-0.4, -0.2) is 72.4 Å². The van der Waals surface area contributed by atoms with Crippen LogP contribution < -0.4 is 5.73 Å². The van der Waals surface area contributed by atoms with Crippen LogP contribution in [0.15, 0.2) is 0 Å². The molecule has 9 heteroatoms. The van der Waals surface area contributed by atoms with Gasteiger partial charge in [-0.05, 0) is 0 Å². The zero-order valence-corrected chi connectivity index (χ0v) is 12.1. The second kappa shape index (κ2) is 7.11. The molecule has 0 aromatic rings. The Bertz CT molecular complexity index is 437. The lowest BCUT2D eigenvalue weighted by atomic mass is 10.3. The van der Waals surface area contributed by atoms with Crippen molar-refractivity contribution in [2.45, 2.75) is 12.5 Å². The fourth-order valence-corrected chi connectivity index (χ4v) is 4.08. The number of carbonyl (C=O) groups excluding carboxylic acids is 1. The van der Waals surface area contributed by atoms with E-state index in [2.05, 4.69) is 0 Å². The summed E-state index contributed by atoms with van der Waals surface area (Å²) in [6, 6.07) is -0.634. The van der Waals surface area contributed by atoms with Crippen molar-refractivity contribution in [1.29, 1.82) is 0 Å². The van der Waals surface area contributed by atoms with E-state index in [1.165, 1.54) is 0 Å². The lowest BCUT2D eigenvalue weighted by Crippen LogP contribution is -2.49. The Balaban J connectivity index is 2.49. The number of sulfone groups is 1. The summed E-state index contributed by atoms with van der Waals surface area (Å²) < 4.78 is 23.3. The molecule has 1 saturated heterocycles.